The molecule has 1 aliphatic heterocycles. The van der Waals surface area contributed by atoms with E-state index in [0.29, 0.717) is 42.3 Å². The van der Waals surface area contributed by atoms with Crippen LogP contribution < -0.4 is 20.3 Å². The van der Waals surface area contributed by atoms with Gasteiger partial charge in [-0.1, -0.05) is 19.1 Å². The highest BCUT2D eigenvalue weighted by Gasteiger charge is 2.31. The normalized spacial score (nSPS) is 13.4. The van der Waals surface area contributed by atoms with Crippen LogP contribution in [-0.2, 0) is 17.4 Å². The summed E-state index contributed by atoms with van der Waals surface area (Å²) >= 11 is 0. The lowest BCUT2D eigenvalue weighted by Crippen LogP contribution is -2.38. The molecule has 1 atom stereocenters. The SMILES string of the molecule is CCC(=O)Nc1cccc(N2CCc3ccc(Oc4ccc(C(F)(F)F)cc4P)cc3C2=O)n1. The van der Waals surface area contributed by atoms with Crippen LogP contribution in [0.4, 0.5) is 24.8 Å². The lowest BCUT2D eigenvalue weighted by Gasteiger charge is -2.28. The average Bonchev–Trinajstić information content (AvgIpc) is 2.80. The van der Waals surface area contributed by atoms with E-state index in [-0.39, 0.29) is 22.9 Å². The van der Waals surface area contributed by atoms with Gasteiger partial charge in [-0.05, 0) is 54.4 Å². The van der Waals surface area contributed by atoms with Crippen LogP contribution in [0.1, 0.15) is 34.8 Å². The van der Waals surface area contributed by atoms with Gasteiger partial charge in [0.05, 0.1) is 5.56 Å². The summed E-state index contributed by atoms with van der Waals surface area (Å²) in [5.74, 6) is 0.866. The first-order valence-corrected chi connectivity index (χ1v) is 11.1. The van der Waals surface area contributed by atoms with Gasteiger partial charge < -0.3 is 10.1 Å². The minimum absolute atomic E-state index is 0.182. The number of aromatic nitrogens is 1. The molecule has 4 rings (SSSR count). The van der Waals surface area contributed by atoms with Crippen molar-refractivity contribution in [1.29, 1.82) is 0 Å². The van der Waals surface area contributed by atoms with E-state index >= 15 is 0 Å². The maximum Gasteiger partial charge on any atom is 0.416 e. The molecule has 0 fully saturated rings. The molecule has 2 aromatic carbocycles. The molecule has 0 saturated carbocycles. The van der Waals surface area contributed by atoms with Gasteiger partial charge in [0.25, 0.3) is 5.91 Å². The number of alkyl halides is 3. The minimum atomic E-state index is -4.45. The smallest absolute Gasteiger partial charge is 0.416 e. The number of carbonyl (C=O) groups is 2. The van der Waals surface area contributed by atoms with Gasteiger partial charge >= 0.3 is 6.18 Å². The van der Waals surface area contributed by atoms with Crippen LogP contribution in [0.25, 0.3) is 0 Å². The van der Waals surface area contributed by atoms with Crippen LogP contribution in [0.3, 0.4) is 0 Å². The van der Waals surface area contributed by atoms with Gasteiger partial charge in [0.1, 0.15) is 23.1 Å². The number of anilines is 2. The number of nitrogens with one attached hydrogen (secondary N) is 1. The highest BCUT2D eigenvalue weighted by atomic mass is 31.0. The van der Waals surface area contributed by atoms with Gasteiger partial charge in [0.2, 0.25) is 5.91 Å². The predicted molar refractivity (Wildman–Crippen MR) is 126 cm³/mol. The molecule has 6 nitrogen and oxygen atoms in total. The number of ether oxygens (including phenoxy) is 1. The molecule has 0 aliphatic carbocycles. The van der Waals surface area contributed by atoms with Crippen molar-refractivity contribution < 1.29 is 27.5 Å². The second-order valence-corrected chi connectivity index (χ2v) is 8.28. The standard InChI is InChI=1S/C24H21F3N3O3P/c1-2-22(31)29-20-4-3-5-21(28-20)30-11-10-14-6-8-16(13-17(14)23(30)32)33-18-9-7-15(12-19(18)34)24(25,26)27/h3-9,12-13H,2,10-11,34H2,1H3,(H,28,29,31). The van der Waals surface area contributed by atoms with Crippen LogP contribution in [0.15, 0.2) is 54.6 Å². The number of fused-ring (bicyclic) bond motifs is 1. The van der Waals surface area contributed by atoms with Crippen molar-refractivity contribution in [3.8, 4) is 11.5 Å². The molecule has 1 aromatic heterocycles. The van der Waals surface area contributed by atoms with Crippen molar-refractivity contribution in [2.75, 3.05) is 16.8 Å². The molecular weight excluding hydrogens is 466 g/mol. The summed E-state index contributed by atoms with van der Waals surface area (Å²) in [6.07, 6.45) is -3.55. The van der Waals surface area contributed by atoms with Crippen LogP contribution in [0.5, 0.6) is 11.5 Å². The fourth-order valence-electron chi connectivity index (χ4n) is 3.55. The molecule has 176 valence electrons. The summed E-state index contributed by atoms with van der Waals surface area (Å²) in [7, 11) is 2.24. The van der Waals surface area contributed by atoms with E-state index in [1.165, 1.54) is 11.0 Å². The van der Waals surface area contributed by atoms with Gasteiger partial charge in [-0.3, -0.25) is 14.5 Å². The summed E-state index contributed by atoms with van der Waals surface area (Å²) in [6, 6.07) is 13.3. The summed E-state index contributed by atoms with van der Waals surface area (Å²) < 4.78 is 44.6. The number of pyridine rings is 1. The summed E-state index contributed by atoms with van der Waals surface area (Å²) in [6.45, 7) is 2.15. The number of rotatable bonds is 5. The Morgan fingerprint density at radius 3 is 2.68 bits per heavy atom. The van der Waals surface area contributed by atoms with Gasteiger partial charge in [0, 0.05) is 23.8 Å². The second-order valence-electron chi connectivity index (χ2n) is 7.66. The molecule has 3 aromatic rings. The summed E-state index contributed by atoms with van der Waals surface area (Å²) in [5, 5.41) is 2.93. The topological polar surface area (TPSA) is 71.5 Å². The van der Waals surface area contributed by atoms with Crippen molar-refractivity contribution in [1.82, 2.24) is 4.98 Å². The Bertz CT molecular complexity index is 1260. The van der Waals surface area contributed by atoms with Crippen molar-refractivity contribution in [3.63, 3.8) is 0 Å². The van der Waals surface area contributed by atoms with Gasteiger partial charge in [-0.2, -0.15) is 13.2 Å². The molecule has 0 bridgehead atoms. The first-order valence-electron chi connectivity index (χ1n) is 10.5. The lowest BCUT2D eigenvalue weighted by molar-refractivity contribution is -0.137. The predicted octanol–water partition coefficient (Wildman–Crippen LogP) is 4.94. The van der Waals surface area contributed by atoms with Crippen molar-refractivity contribution >= 4 is 38.0 Å². The van der Waals surface area contributed by atoms with E-state index in [4.69, 9.17) is 4.74 Å². The number of halogens is 3. The quantitative estimate of drug-likeness (QED) is 0.518. The first-order chi connectivity index (χ1) is 16.2. The zero-order chi connectivity index (χ0) is 24.5. The van der Waals surface area contributed by atoms with E-state index in [2.05, 4.69) is 19.5 Å². The first kappa shape index (κ1) is 23.7. The zero-order valence-corrected chi connectivity index (χ0v) is 19.3. The molecule has 1 unspecified atom stereocenters. The van der Waals surface area contributed by atoms with E-state index in [1.54, 1.807) is 43.3 Å². The van der Waals surface area contributed by atoms with Gasteiger partial charge in [-0.25, -0.2) is 4.98 Å². The maximum absolute atomic E-state index is 13.2. The Balaban J connectivity index is 1.57. The third kappa shape index (κ3) is 5.04. The van der Waals surface area contributed by atoms with Crippen molar-refractivity contribution in [3.05, 3.63) is 71.3 Å². The Morgan fingerprint density at radius 2 is 1.97 bits per heavy atom. The molecule has 10 heteroatoms. The fraction of sp³-hybridized carbons (Fsp3) is 0.208. The third-order valence-corrected chi connectivity index (χ3v) is 5.78. The molecule has 34 heavy (non-hydrogen) atoms. The molecule has 1 aliphatic rings. The van der Waals surface area contributed by atoms with Gasteiger partial charge in [-0.15, -0.1) is 9.24 Å². The zero-order valence-electron chi connectivity index (χ0n) is 18.1. The minimum Gasteiger partial charge on any atom is -0.457 e. The Kier molecular flexibility index (Phi) is 6.57. The van der Waals surface area contributed by atoms with E-state index in [9.17, 15) is 22.8 Å². The third-order valence-electron chi connectivity index (χ3n) is 5.33. The van der Waals surface area contributed by atoms with Crippen LogP contribution >= 0.6 is 9.24 Å². The van der Waals surface area contributed by atoms with Crippen LogP contribution in [0.2, 0.25) is 0 Å². The molecule has 2 heterocycles. The Hall–Kier alpha value is -3.45. The molecule has 0 radical (unpaired) electrons. The van der Waals surface area contributed by atoms with Crippen molar-refractivity contribution in [2.24, 2.45) is 0 Å². The van der Waals surface area contributed by atoms with Gasteiger partial charge in [0.15, 0.2) is 0 Å². The maximum atomic E-state index is 13.2. The number of amides is 2. The summed E-state index contributed by atoms with van der Waals surface area (Å²) in [4.78, 5) is 30.8. The van der Waals surface area contributed by atoms with E-state index in [1.807, 2.05) is 0 Å². The monoisotopic (exact) mass is 487 g/mol. The Morgan fingerprint density at radius 1 is 1.18 bits per heavy atom. The molecule has 0 saturated heterocycles. The second kappa shape index (κ2) is 9.43. The molecule has 0 spiro atoms. The van der Waals surface area contributed by atoms with Crippen LogP contribution in [-0.4, -0.2) is 23.3 Å². The fourth-order valence-corrected chi connectivity index (χ4v) is 3.89. The number of nitrogens with zero attached hydrogens (tertiary/aromatic N) is 2. The number of benzene rings is 2. The number of carbonyl (C=O) groups excluding carboxylic acids is 2. The number of hydrogen-bond donors (Lipinski definition) is 1. The van der Waals surface area contributed by atoms with E-state index < -0.39 is 11.7 Å². The summed E-state index contributed by atoms with van der Waals surface area (Å²) in [5.41, 5.74) is 0.485. The van der Waals surface area contributed by atoms with Crippen molar-refractivity contribution in [2.45, 2.75) is 25.9 Å². The van der Waals surface area contributed by atoms with E-state index in [0.717, 1.165) is 17.7 Å². The average molecular weight is 487 g/mol. The molecule has 2 amide bonds. The number of hydrogen-bond acceptors (Lipinski definition) is 4. The molecular formula is C24H21F3N3O3P. The Labute approximate surface area is 196 Å². The van der Waals surface area contributed by atoms with Crippen LogP contribution in [0, 0.1) is 0 Å². The lowest BCUT2D eigenvalue weighted by atomic mass is 9.98. The highest BCUT2D eigenvalue weighted by Crippen LogP contribution is 2.33. The largest absolute Gasteiger partial charge is 0.457 e. The molecule has 1 N–H and O–H groups in total. The highest BCUT2D eigenvalue weighted by molar-refractivity contribution is 7.27.